The summed E-state index contributed by atoms with van der Waals surface area (Å²) >= 11 is 0. The van der Waals surface area contributed by atoms with Gasteiger partial charge in [0.1, 0.15) is 0 Å². The Bertz CT molecular complexity index is 404. The zero-order valence-corrected chi connectivity index (χ0v) is 8.97. The van der Waals surface area contributed by atoms with Gasteiger partial charge in [-0.25, -0.2) is 4.98 Å². The lowest BCUT2D eigenvalue weighted by Crippen LogP contribution is -2.08. The number of hydrogen-bond donors (Lipinski definition) is 1. The Labute approximate surface area is 92.8 Å². The van der Waals surface area contributed by atoms with Crippen LogP contribution in [0.1, 0.15) is 19.8 Å². The van der Waals surface area contributed by atoms with Gasteiger partial charge in [-0.05, 0) is 18.8 Å². The number of hydrogen-bond acceptors (Lipinski definition) is 6. The van der Waals surface area contributed by atoms with Gasteiger partial charge in [0.15, 0.2) is 5.82 Å². The SMILES string of the molecule is CC(=O)Oc1cnc(N)c(OCC2CC2)n1. The number of carbonyl (C=O) groups is 1. The van der Waals surface area contributed by atoms with Gasteiger partial charge in [0.2, 0.25) is 5.88 Å². The number of esters is 1. The van der Waals surface area contributed by atoms with E-state index in [1.165, 1.54) is 26.0 Å². The molecule has 2 N–H and O–H groups in total. The maximum absolute atomic E-state index is 10.7. The molecular formula is C10H13N3O3. The Morgan fingerprint density at radius 1 is 1.62 bits per heavy atom. The van der Waals surface area contributed by atoms with Gasteiger partial charge in [0.05, 0.1) is 12.8 Å². The van der Waals surface area contributed by atoms with Crippen molar-refractivity contribution in [1.29, 1.82) is 0 Å². The summed E-state index contributed by atoms with van der Waals surface area (Å²) in [6, 6.07) is 0. The third-order valence-electron chi connectivity index (χ3n) is 2.15. The molecule has 0 unspecified atom stereocenters. The summed E-state index contributed by atoms with van der Waals surface area (Å²) in [5, 5.41) is 0. The first kappa shape index (κ1) is 10.7. The van der Waals surface area contributed by atoms with Crippen molar-refractivity contribution in [3.05, 3.63) is 6.20 Å². The Morgan fingerprint density at radius 3 is 3.00 bits per heavy atom. The van der Waals surface area contributed by atoms with Crippen molar-refractivity contribution in [1.82, 2.24) is 9.97 Å². The Hall–Kier alpha value is -1.85. The lowest BCUT2D eigenvalue weighted by molar-refractivity contribution is -0.132. The molecule has 86 valence electrons. The third-order valence-corrected chi connectivity index (χ3v) is 2.15. The van der Waals surface area contributed by atoms with Crippen LogP contribution in [0.3, 0.4) is 0 Å². The molecule has 1 aromatic heterocycles. The van der Waals surface area contributed by atoms with Crippen LogP contribution in [-0.4, -0.2) is 22.5 Å². The van der Waals surface area contributed by atoms with Crippen LogP contribution in [0.4, 0.5) is 5.82 Å². The highest BCUT2D eigenvalue weighted by molar-refractivity contribution is 5.68. The highest BCUT2D eigenvalue weighted by Crippen LogP contribution is 2.30. The van der Waals surface area contributed by atoms with Crippen LogP contribution in [0.25, 0.3) is 0 Å². The number of anilines is 1. The number of rotatable bonds is 4. The first-order valence-electron chi connectivity index (χ1n) is 5.09. The van der Waals surface area contributed by atoms with Crippen LogP contribution in [-0.2, 0) is 4.79 Å². The number of nitrogen functional groups attached to an aromatic ring is 1. The zero-order chi connectivity index (χ0) is 11.5. The molecule has 0 saturated heterocycles. The van der Waals surface area contributed by atoms with Crippen molar-refractivity contribution in [2.24, 2.45) is 5.92 Å². The van der Waals surface area contributed by atoms with Gasteiger partial charge < -0.3 is 15.2 Å². The van der Waals surface area contributed by atoms with Crippen LogP contribution in [0.15, 0.2) is 6.20 Å². The van der Waals surface area contributed by atoms with E-state index in [4.69, 9.17) is 15.2 Å². The third kappa shape index (κ3) is 2.82. The van der Waals surface area contributed by atoms with E-state index in [1.54, 1.807) is 0 Å². The fourth-order valence-corrected chi connectivity index (χ4v) is 1.15. The monoisotopic (exact) mass is 223 g/mol. The molecule has 1 heterocycles. The van der Waals surface area contributed by atoms with E-state index >= 15 is 0 Å². The normalized spacial score (nSPS) is 14.6. The van der Waals surface area contributed by atoms with Gasteiger partial charge in [-0.1, -0.05) is 0 Å². The molecule has 0 radical (unpaired) electrons. The van der Waals surface area contributed by atoms with Crippen molar-refractivity contribution in [3.8, 4) is 11.8 Å². The second-order valence-corrected chi connectivity index (χ2v) is 3.75. The summed E-state index contributed by atoms with van der Waals surface area (Å²) in [4.78, 5) is 18.5. The minimum Gasteiger partial charge on any atom is -0.475 e. The Balaban J connectivity index is 2.04. The zero-order valence-electron chi connectivity index (χ0n) is 8.97. The van der Waals surface area contributed by atoms with Crippen molar-refractivity contribution >= 4 is 11.8 Å². The summed E-state index contributed by atoms with van der Waals surface area (Å²) < 4.78 is 10.2. The highest BCUT2D eigenvalue weighted by atomic mass is 16.5. The standard InChI is InChI=1S/C10H13N3O3/c1-6(14)16-8-4-12-9(11)10(13-8)15-5-7-2-3-7/h4,7H,2-3,5H2,1H3,(H2,11,12). The fraction of sp³-hybridized carbons (Fsp3) is 0.500. The van der Waals surface area contributed by atoms with Gasteiger partial charge in [0, 0.05) is 6.92 Å². The fourth-order valence-electron chi connectivity index (χ4n) is 1.15. The van der Waals surface area contributed by atoms with Crippen molar-refractivity contribution < 1.29 is 14.3 Å². The molecule has 1 fully saturated rings. The predicted octanol–water partition coefficient (Wildman–Crippen LogP) is 0.773. The van der Waals surface area contributed by atoms with Crippen LogP contribution in [0.5, 0.6) is 11.8 Å². The lowest BCUT2D eigenvalue weighted by Gasteiger charge is -2.07. The number of carbonyl (C=O) groups excluding carboxylic acids is 1. The maximum Gasteiger partial charge on any atom is 0.309 e. The number of aromatic nitrogens is 2. The maximum atomic E-state index is 10.7. The van der Waals surface area contributed by atoms with E-state index in [2.05, 4.69) is 9.97 Å². The molecule has 0 atom stereocenters. The lowest BCUT2D eigenvalue weighted by atomic mass is 10.5. The number of nitrogens with two attached hydrogens (primary N) is 1. The van der Waals surface area contributed by atoms with Crippen LogP contribution >= 0.6 is 0 Å². The highest BCUT2D eigenvalue weighted by Gasteiger charge is 2.23. The average Bonchev–Trinajstić information content (AvgIpc) is 3.02. The molecule has 16 heavy (non-hydrogen) atoms. The van der Waals surface area contributed by atoms with Gasteiger partial charge in [0.25, 0.3) is 5.88 Å². The number of nitrogens with zero attached hydrogens (tertiary/aromatic N) is 2. The molecule has 1 aliphatic carbocycles. The quantitative estimate of drug-likeness (QED) is 0.758. The van der Waals surface area contributed by atoms with Crippen LogP contribution in [0, 0.1) is 5.92 Å². The summed E-state index contributed by atoms with van der Waals surface area (Å²) in [5.74, 6) is 0.681. The molecule has 6 nitrogen and oxygen atoms in total. The topological polar surface area (TPSA) is 87.3 Å². The molecular weight excluding hydrogens is 210 g/mol. The van der Waals surface area contributed by atoms with E-state index in [1.807, 2.05) is 0 Å². The molecule has 1 aliphatic rings. The van der Waals surface area contributed by atoms with E-state index in [0.29, 0.717) is 12.5 Å². The minimum atomic E-state index is -0.452. The second-order valence-electron chi connectivity index (χ2n) is 3.75. The van der Waals surface area contributed by atoms with Gasteiger partial charge in [-0.15, -0.1) is 0 Å². The molecule has 1 saturated carbocycles. The van der Waals surface area contributed by atoms with Crippen LogP contribution in [0.2, 0.25) is 0 Å². The summed E-state index contributed by atoms with van der Waals surface area (Å²) in [6.45, 7) is 1.88. The molecule has 0 aromatic carbocycles. The predicted molar refractivity (Wildman–Crippen MR) is 56.0 cm³/mol. The minimum absolute atomic E-state index is 0.104. The summed E-state index contributed by atoms with van der Waals surface area (Å²) in [6.07, 6.45) is 3.65. The van der Waals surface area contributed by atoms with Crippen molar-refractivity contribution in [2.75, 3.05) is 12.3 Å². The van der Waals surface area contributed by atoms with E-state index in [-0.39, 0.29) is 17.6 Å². The van der Waals surface area contributed by atoms with Crippen molar-refractivity contribution in [3.63, 3.8) is 0 Å². The van der Waals surface area contributed by atoms with Gasteiger partial charge in [-0.3, -0.25) is 4.79 Å². The molecule has 2 rings (SSSR count). The van der Waals surface area contributed by atoms with Gasteiger partial charge >= 0.3 is 5.97 Å². The summed E-state index contributed by atoms with van der Waals surface area (Å²) in [5.41, 5.74) is 5.59. The van der Waals surface area contributed by atoms with E-state index < -0.39 is 5.97 Å². The number of ether oxygens (including phenoxy) is 2. The smallest absolute Gasteiger partial charge is 0.309 e. The average molecular weight is 223 g/mol. The van der Waals surface area contributed by atoms with E-state index in [0.717, 1.165) is 0 Å². The van der Waals surface area contributed by atoms with Gasteiger partial charge in [-0.2, -0.15) is 4.98 Å². The molecule has 0 spiro atoms. The molecule has 1 aromatic rings. The van der Waals surface area contributed by atoms with Crippen molar-refractivity contribution in [2.45, 2.75) is 19.8 Å². The first-order chi connectivity index (χ1) is 7.65. The molecule has 6 heteroatoms. The first-order valence-corrected chi connectivity index (χ1v) is 5.09. The molecule has 0 bridgehead atoms. The second kappa shape index (κ2) is 4.34. The van der Waals surface area contributed by atoms with E-state index in [9.17, 15) is 4.79 Å². The molecule has 0 aliphatic heterocycles. The summed E-state index contributed by atoms with van der Waals surface area (Å²) in [7, 11) is 0. The largest absolute Gasteiger partial charge is 0.475 e. The Morgan fingerprint density at radius 2 is 2.38 bits per heavy atom. The van der Waals surface area contributed by atoms with Crippen LogP contribution < -0.4 is 15.2 Å². The molecule has 0 amide bonds. The Kier molecular flexibility index (Phi) is 2.89.